The molecule has 2 rings (SSSR count). The molecule has 0 aliphatic rings. The average molecular weight is 229 g/mol. The van der Waals surface area contributed by atoms with Crippen molar-refractivity contribution in [3.63, 3.8) is 0 Å². The van der Waals surface area contributed by atoms with E-state index in [0.29, 0.717) is 16.1 Å². The van der Waals surface area contributed by atoms with Crippen molar-refractivity contribution in [3.05, 3.63) is 10.5 Å². The van der Waals surface area contributed by atoms with Gasteiger partial charge in [-0.25, -0.2) is 4.79 Å². The highest BCUT2D eigenvalue weighted by molar-refractivity contribution is 7.98. The van der Waals surface area contributed by atoms with Gasteiger partial charge in [-0.1, -0.05) is 23.5 Å². The van der Waals surface area contributed by atoms with Gasteiger partial charge in [0, 0.05) is 0 Å². The lowest BCUT2D eigenvalue weighted by atomic mass is 11.0. The molecule has 0 aromatic carbocycles. The highest BCUT2D eigenvalue weighted by atomic mass is 32.2. The molecule has 0 radical (unpaired) electrons. The highest BCUT2D eigenvalue weighted by Crippen LogP contribution is 2.13. The number of hydrogen-bond acceptors (Lipinski definition) is 6. The molecule has 0 atom stereocenters. The quantitative estimate of drug-likeness (QED) is 0.744. The van der Waals surface area contributed by atoms with E-state index >= 15 is 0 Å². The SMILES string of the molecule is CSc1nc2[nH]c(=O)nc(SC)n2n1. The first-order valence-corrected chi connectivity index (χ1v) is 6.14. The minimum atomic E-state index is -0.401. The third-order valence-electron chi connectivity index (χ3n) is 1.55. The maximum atomic E-state index is 11.1. The third-order valence-corrected chi connectivity index (χ3v) is 2.72. The van der Waals surface area contributed by atoms with Crippen molar-refractivity contribution in [2.24, 2.45) is 0 Å². The first-order chi connectivity index (χ1) is 6.74. The van der Waals surface area contributed by atoms with E-state index in [2.05, 4.69) is 20.1 Å². The second kappa shape index (κ2) is 3.62. The van der Waals surface area contributed by atoms with Crippen LogP contribution in [0.1, 0.15) is 0 Å². The Labute approximate surface area is 87.5 Å². The van der Waals surface area contributed by atoms with Gasteiger partial charge in [-0.2, -0.15) is 14.5 Å². The molecule has 0 aliphatic carbocycles. The second-order valence-corrected chi connectivity index (χ2v) is 3.91. The number of nitrogens with one attached hydrogen (secondary N) is 1. The number of aromatic nitrogens is 5. The van der Waals surface area contributed by atoms with Gasteiger partial charge in [-0.3, -0.25) is 4.98 Å². The topological polar surface area (TPSA) is 75.9 Å². The molecule has 6 nitrogen and oxygen atoms in total. The number of nitrogens with zero attached hydrogens (tertiary/aromatic N) is 4. The Hall–Kier alpha value is -1.02. The summed E-state index contributed by atoms with van der Waals surface area (Å²) in [5.74, 6) is 0.429. The van der Waals surface area contributed by atoms with E-state index in [1.54, 1.807) is 0 Å². The lowest BCUT2D eigenvalue weighted by Crippen LogP contribution is -2.15. The van der Waals surface area contributed by atoms with Crippen LogP contribution in [0, 0.1) is 0 Å². The third kappa shape index (κ3) is 1.50. The molecule has 0 unspecified atom stereocenters. The Kier molecular flexibility index (Phi) is 2.46. The summed E-state index contributed by atoms with van der Waals surface area (Å²) in [5.41, 5.74) is -0.401. The van der Waals surface area contributed by atoms with E-state index in [1.807, 2.05) is 12.5 Å². The number of H-pyrrole nitrogens is 1. The zero-order chi connectivity index (χ0) is 10.1. The summed E-state index contributed by atoms with van der Waals surface area (Å²) in [6.45, 7) is 0. The van der Waals surface area contributed by atoms with Crippen LogP contribution in [-0.2, 0) is 0 Å². The summed E-state index contributed by atoms with van der Waals surface area (Å²) in [6, 6.07) is 0. The van der Waals surface area contributed by atoms with Crippen LogP contribution in [0.2, 0.25) is 0 Å². The van der Waals surface area contributed by atoms with Gasteiger partial charge in [0.1, 0.15) is 0 Å². The van der Waals surface area contributed by atoms with Crippen LogP contribution in [0.3, 0.4) is 0 Å². The highest BCUT2D eigenvalue weighted by Gasteiger charge is 2.08. The van der Waals surface area contributed by atoms with Crippen molar-refractivity contribution < 1.29 is 0 Å². The number of hydrogen-bond donors (Lipinski definition) is 1. The fraction of sp³-hybridized carbons (Fsp3) is 0.333. The number of fused-ring (bicyclic) bond motifs is 1. The monoisotopic (exact) mass is 229 g/mol. The lowest BCUT2D eigenvalue weighted by molar-refractivity contribution is 0.734. The average Bonchev–Trinajstić information content (AvgIpc) is 2.59. The largest absolute Gasteiger partial charge is 0.350 e. The first kappa shape index (κ1) is 9.53. The normalized spacial score (nSPS) is 11.0. The van der Waals surface area contributed by atoms with Crippen LogP contribution >= 0.6 is 23.5 Å². The van der Waals surface area contributed by atoms with Crippen LogP contribution in [0.4, 0.5) is 0 Å². The molecule has 2 aromatic heterocycles. The summed E-state index contributed by atoms with van der Waals surface area (Å²) in [6.07, 6.45) is 3.71. The second-order valence-electron chi connectivity index (χ2n) is 2.36. The molecule has 74 valence electrons. The Balaban J connectivity index is 2.78. The van der Waals surface area contributed by atoms with Crippen molar-refractivity contribution in [1.29, 1.82) is 0 Å². The summed E-state index contributed by atoms with van der Waals surface area (Å²) in [4.78, 5) is 21.5. The van der Waals surface area contributed by atoms with Crippen molar-refractivity contribution in [2.75, 3.05) is 12.5 Å². The fourth-order valence-electron chi connectivity index (χ4n) is 0.984. The number of rotatable bonds is 2. The molecule has 0 saturated carbocycles. The molecule has 8 heteroatoms. The van der Waals surface area contributed by atoms with Gasteiger partial charge in [-0.15, -0.1) is 5.10 Å². The maximum absolute atomic E-state index is 11.1. The number of thioether (sulfide) groups is 2. The van der Waals surface area contributed by atoms with Crippen LogP contribution in [0.5, 0.6) is 0 Å². The molecular formula is C6H7N5OS2. The van der Waals surface area contributed by atoms with Crippen molar-refractivity contribution in [3.8, 4) is 0 Å². The summed E-state index contributed by atoms with van der Waals surface area (Å²) in [7, 11) is 0. The predicted octanol–water partition coefficient (Wildman–Crippen LogP) is 0.256. The fourth-order valence-corrected chi connectivity index (χ4v) is 1.80. The Morgan fingerprint density at radius 1 is 1.29 bits per heavy atom. The van der Waals surface area contributed by atoms with Crippen LogP contribution in [0.15, 0.2) is 15.1 Å². The molecule has 0 aliphatic heterocycles. The van der Waals surface area contributed by atoms with Gasteiger partial charge in [0.25, 0.3) is 0 Å². The van der Waals surface area contributed by atoms with E-state index in [0.717, 1.165) is 0 Å². The first-order valence-electron chi connectivity index (χ1n) is 3.69. The Bertz CT molecular complexity index is 518. The van der Waals surface area contributed by atoms with Gasteiger partial charge in [0.2, 0.25) is 10.9 Å². The maximum Gasteiger partial charge on any atom is 0.350 e. The molecule has 2 aromatic rings. The zero-order valence-corrected chi connectivity index (χ0v) is 9.15. The molecule has 0 saturated heterocycles. The van der Waals surface area contributed by atoms with Crippen molar-refractivity contribution in [2.45, 2.75) is 10.3 Å². The number of aromatic amines is 1. The molecule has 14 heavy (non-hydrogen) atoms. The molecule has 0 fully saturated rings. The van der Waals surface area contributed by atoms with Gasteiger partial charge in [-0.05, 0) is 12.5 Å². The summed E-state index contributed by atoms with van der Waals surface area (Å²) < 4.78 is 1.53. The van der Waals surface area contributed by atoms with Crippen LogP contribution < -0.4 is 5.69 Å². The smallest absolute Gasteiger partial charge is 0.274 e. The molecule has 0 bridgehead atoms. The molecule has 1 N–H and O–H groups in total. The summed E-state index contributed by atoms with van der Waals surface area (Å²) >= 11 is 2.77. The van der Waals surface area contributed by atoms with Crippen LogP contribution in [0.25, 0.3) is 5.78 Å². The minimum Gasteiger partial charge on any atom is -0.274 e. The van der Waals surface area contributed by atoms with Crippen molar-refractivity contribution in [1.82, 2.24) is 24.6 Å². The van der Waals surface area contributed by atoms with Crippen molar-refractivity contribution >= 4 is 29.3 Å². The van der Waals surface area contributed by atoms with Gasteiger partial charge >= 0.3 is 5.69 Å². The van der Waals surface area contributed by atoms with E-state index in [4.69, 9.17) is 0 Å². The van der Waals surface area contributed by atoms with E-state index in [1.165, 1.54) is 28.0 Å². The standard InChI is InChI=1S/C6H7N5OS2/c1-13-5-8-3-7-4(12)9-6(14-2)11(3)10-5/h1-2H3,(H,7,8,10,12). The van der Waals surface area contributed by atoms with E-state index in [-0.39, 0.29) is 0 Å². The van der Waals surface area contributed by atoms with E-state index < -0.39 is 5.69 Å². The molecule has 2 heterocycles. The van der Waals surface area contributed by atoms with E-state index in [9.17, 15) is 4.79 Å². The van der Waals surface area contributed by atoms with Crippen LogP contribution in [-0.4, -0.2) is 37.1 Å². The van der Waals surface area contributed by atoms with Gasteiger partial charge in [0.15, 0.2) is 5.16 Å². The molecule has 0 amide bonds. The summed E-state index contributed by atoms with van der Waals surface area (Å²) in [5, 5.41) is 5.31. The Morgan fingerprint density at radius 2 is 2.07 bits per heavy atom. The molecular weight excluding hydrogens is 222 g/mol. The predicted molar refractivity (Wildman–Crippen MR) is 55.0 cm³/mol. The van der Waals surface area contributed by atoms with Gasteiger partial charge < -0.3 is 0 Å². The molecule has 0 spiro atoms. The lowest BCUT2D eigenvalue weighted by Gasteiger charge is -1.95. The van der Waals surface area contributed by atoms with Gasteiger partial charge in [0.05, 0.1) is 0 Å². The Morgan fingerprint density at radius 3 is 2.71 bits per heavy atom. The minimum absolute atomic E-state index is 0.401. The zero-order valence-electron chi connectivity index (χ0n) is 7.51.